The number of carboxylic acids is 3. The van der Waals surface area contributed by atoms with Gasteiger partial charge in [-0.05, 0) is 18.1 Å². The van der Waals surface area contributed by atoms with Crippen LogP contribution in [0.25, 0.3) is 10.9 Å². The second-order valence-corrected chi connectivity index (χ2v) is 7.16. The van der Waals surface area contributed by atoms with Crippen molar-refractivity contribution in [3.8, 4) is 0 Å². The molecule has 12 heteroatoms. The summed E-state index contributed by atoms with van der Waals surface area (Å²) in [5.41, 5.74) is 6.91. The maximum absolute atomic E-state index is 12.7. The fourth-order valence-electron chi connectivity index (χ4n) is 3.09. The Morgan fingerprint density at radius 2 is 1.59 bits per heavy atom. The van der Waals surface area contributed by atoms with E-state index in [1.165, 1.54) is 0 Å². The number of hydrogen-bond acceptors (Lipinski definition) is 6. The highest BCUT2D eigenvalue weighted by molar-refractivity contribution is 5.93. The lowest BCUT2D eigenvalue weighted by Gasteiger charge is -2.22. The number of benzene rings is 1. The second kappa shape index (κ2) is 10.9. The third-order valence-electron chi connectivity index (χ3n) is 4.72. The lowest BCUT2D eigenvalue weighted by atomic mass is 10.0. The Bertz CT molecular complexity index is 1020. The number of carboxylic acid groups (broad SMARTS) is 3. The van der Waals surface area contributed by atoms with Crippen LogP contribution in [0, 0.1) is 0 Å². The number of aromatic amines is 1. The molecule has 0 unspecified atom stereocenters. The molecule has 32 heavy (non-hydrogen) atoms. The van der Waals surface area contributed by atoms with Crippen LogP contribution in [-0.2, 0) is 30.4 Å². The molecule has 0 aliphatic heterocycles. The Hall–Kier alpha value is -3.93. The van der Waals surface area contributed by atoms with Gasteiger partial charge in [0.1, 0.15) is 12.1 Å². The predicted molar refractivity (Wildman–Crippen MR) is 111 cm³/mol. The topological polar surface area (TPSA) is 212 Å². The van der Waals surface area contributed by atoms with Crippen LogP contribution in [0.1, 0.15) is 24.8 Å². The third kappa shape index (κ3) is 6.80. The van der Waals surface area contributed by atoms with Crippen LogP contribution < -0.4 is 16.4 Å². The highest BCUT2D eigenvalue weighted by Gasteiger charge is 2.29. The number of para-hydroxylation sites is 1. The molecule has 2 rings (SSSR count). The Morgan fingerprint density at radius 1 is 0.938 bits per heavy atom. The first-order valence-corrected chi connectivity index (χ1v) is 9.66. The number of nitrogens with one attached hydrogen (secondary N) is 3. The van der Waals surface area contributed by atoms with Crippen molar-refractivity contribution in [3.05, 3.63) is 36.0 Å². The Balaban J connectivity index is 2.14. The molecule has 0 bridgehead atoms. The summed E-state index contributed by atoms with van der Waals surface area (Å²) in [6, 6.07) is 2.96. The molecule has 2 aromatic rings. The second-order valence-electron chi connectivity index (χ2n) is 7.16. The van der Waals surface area contributed by atoms with E-state index in [4.69, 9.17) is 15.9 Å². The first-order valence-electron chi connectivity index (χ1n) is 9.66. The van der Waals surface area contributed by atoms with Crippen LogP contribution in [-0.4, -0.2) is 68.2 Å². The minimum atomic E-state index is -1.46. The van der Waals surface area contributed by atoms with Crippen molar-refractivity contribution < 1.29 is 39.3 Å². The van der Waals surface area contributed by atoms with Gasteiger partial charge >= 0.3 is 17.9 Å². The SMILES string of the molecule is N[C@@H](CC(=O)O)C(=O)N[C@@H](CCC(=O)O)C(=O)N[C@@H](Cc1c[nH]c2ccccc12)C(=O)O. The molecule has 0 aliphatic carbocycles. The summed E-state index contributed by atoms with van der Waals surface area (Å²) in [6.07, 6.45) is 0.0286. The van der Waals surface area contributed by atoms with E-state index in [0.717, 1.165) is 10.9 Å². The molecule has 172 valence electrons. The van der Waals surface area contributed by atoms with E-state index in [9.17, 15) is 29.1 Å². The fraction of sp³-hybridized carbons (Fsp3) is 0.350. The van der Waals surface area contributed by atoms with Crippen LogP contribution in [0.4, 0.5) is 0 Å². The molecular formula is C20H24N4O8. The number of nitrogens with two attached hydrogens (primary N) is 1. The molecule has 1 heterocycles. The molecule has 1 aromatic carbocycles. The molecule has 3 atom stereocenters. The van der Waals surface area contributed by atoms with Gasteiger partial charge in [0.2, 0.25) is 11.8 Å². The average molecular weight is 448 g/mol. The van der Waals surface area contributed by atoms with Crippen molar-refractivity contribution >= 4 is 40.6 Å². The lowest BCUT2D eigenvalue weighted by Crippen LogP contribution is -2.55. The van der Waals surface area contributed by atoms with Crippen LogP contribution in [0.15, 0.2) is 30.5 Å². The molecule has 1 aromatic heterocycles. The van der Waals surface area contributed by atoms with Crippen LogP contribution >= 0.6 is 0 Å². The van der Waals surface area contributed by atoms with Crippen molar-refractivity contribution in [2.24, 2.45) is 5.73 Å². The van der Waals surface area contributed by atoms with E-state index in [0.29, 0.717) is 5.56 Å². The average Bonchev–Trinajstić information content (AvgIpc) is 3.12. The highest BCUT2D eigenvalue weighted by atomic mass is 16.4. The summed E-state index contributed by atoms with van der Waals surface area (Å²) in [4.78, 5) is 61.2. The van der Waals surface area contributed by atoms with Crippen molar-refractivity contribution in [2.45, 2.75) is 43.8 Å². The summed E-state index contributed by atoms with van der Waals surface area (Å²) in [6.45, 7) is 0. The number of aliphatic carboxylic acids is 3. The normalized spacial score (nSPS) is 13.7. The predicted octanol–water partition coefficient (Wildman–Crippen LogP) is -0.569. The number of H-pyrrole nitrogens is 1. The molecule has 0 saturated carbocycles. The summed E-state index contributed by atoms with van der Waals surface area (Å²) in [5.74, 6) is -5.78. The molecule has 0 saturated heterocycles. The molecule has 0 fully saturated rings. The van der Waals surface area contributed by atoms with Crippen molar-refractivity contribution in [3.63, 3.8) is 0 Å². The maximum Gasteiger partial charge on any atom is 0.326 e. The van der Waals surface area contributed by atoms with Gasteiger partial charge in [0.15, 0.2) is 0 Å². The van der Waals surface area contributed by atoms with Gasteiger partial charge in [-0.25, -0.2) is 4.79 Å². The smallest absolute Gasteiger partial charge is 0.326 e. The number of fused-ring (bicyclic) bond motifs is 1. The zero-order valence-electron chi connectivity index (χ0n) is 16.9. The zero-order chi connectivity index (χ0) is 23.8. The Kier molecular flexibility index (Phi) is 8.30. The van der Waals surface area contributed by atoms with Gasteiger partial charge in [0.25, 0.3) is 0 Å². The van der Waals surface area contributed by atoms with Crippen molar-refractivity contribution in [1.29, 1.82) is 0 Å². The minimum absolute atomic E-state index is 0.0663. The number of carbonyl (C=O) groups is 5. The van der Waals surface area contributed by atoms with Gasteiger partial charge in [-0.3, -0.25) is 19.2 Å². The number of amides is 2. The highest BCUT2D eigenvalue weighted by Crippen LogP contribution is 2.19. The van der Waals surface area contributed by atoms with Gasteiger partial charge in [0.05, 0.1) is 12.5 Å². The maximum atomic E-state index is 12.7. The van der Waals surface area contributed by atoms with Gasteiger partial charge < -0.3 is 36.7 Å². The van der Waals surface area contributed by atoms with E-state index in [1.807, 2.05) is 12.1 Å². The first-order chi connectivity index (χ1) is 15.1. The number of carbonyl (C=O) groups excluding carboxylic acids is 2. The quantitative estimate of drug-likeness (QED) is 0.221. The van der Waals surface area contributed by atoms with Crippen molar-refractivity contribution in [1.82, 2.24) is 15.6 Å². The summed E-state index contributed by atoms with van der Waals surface area (Å²) in [7, 11) is 0. The monoisotopic (exact) mass is 448 g/mol. The minimum Gasteiger partial charge on any atom is -0.481 e. The van der Waals surface area contributed by atoms with Crippen LogP contribution in [0.2, 0.25) is 0 Å². The van der Waals surface area contributed by atoms with Gasteiger partial charge in [-0.2, -0.15) is 0 Å². The van der Waals surface area contributed by atoms with E-state index >= 15 is 0 Å². The summed E-state index contributed by atoms with van der Waals surface area (Å²) >= 11 is 0. The van der Waals surface area contributed by atoms with Gasteiger partial charge in [0, 0.05) is 29.9 Å². The molecule has 12 nitrogen and oxygen atoms in total. The van der Waals surface area contributed by atoms with Crippen LogP contribution in [0.5, 0.6) is 0 Å². The fourth-order valence-corrected chi connectivity index (χ4v) is 3.09. The molecule has 0 aliphatic rings. The standard InChI is InChI=1S/C20H24N4O8/c21-12(8-17(27)28)18(29)23-14(5-6-16(25)26)19(30)24-15(20(31)32)7-10-9-22-13-4-2-1-3-11(10)13/h1-4,9,12,14-15,22H,5-8,21H2,(H,23,29)(H,24,30)(H,25,26)(H,27,28)(H,31,32)/t12-,14-,15-/m0/s1. The number of aromatic nitrogens is 1. The van der Waals surface area contributed by atoms with E-state index in [2.05, 4.69) is 15.6 Å². The van der Waals surface area contributed by atoms with Crippen LogP contribution in [0.3, 0.4) is 0 Å². The molecule has 0 spiro atoms. The van der Waals surface area contributed by atoms with E-state index in [-0.39, 0.29) is 12.8 Å². The van der Waals surface area contributed by atoms with Gasteiger partial charge in [-0.1, -0.05) is 18.2 Å². The third-order valence-corrected chi connectivity index (χ3v) is 4.72. The van der Waals surface area contributed by atoms with Gasteiger partial charge in [-0.15, -0.1) is 0 Å². The lowest BCUT2D eigenvalue weighted by molar-refractivity contribution is -0.143. The zero-order valence-corrected chi connectivity index (χ0v) is 16.9. The number of rotatable bonds is 12. The first kappa shape index (κ1) is 24.3. The Labute approximate surface area is 181 Å². The van der Waals surface area contributed by atoms with Crippen molar-refractivity contribution in [2.75, 3.05) is 0 Å². The molecule has 0 radical (unpaired) electrons. The largest absolute Gasteiger partial charge is 0.481 e. The molecule has 2 amide bonds. The summed E-state index contributed by atoms with van der Waals surface area (Å²) in [5, 5.41) is 32.5. The summed E-state index contributed by atoms with van der Waals surface area (Å²) < 4.78 is 0. The molecular weight excluding hydrogens is 424 g/mol. The number of hydrogen-bond donors (Lipinski definition) is 7. The van der Waals surface area contributed by atoms with E-state index < -0.39 is 60.7 Å². The van der Waals surface area contributed by atoms with E-state index in [1.54, 1.807) is 18.3 Å². The Morgan fingerprint density at radius 3 is 2.22 bits per heavy atom. The molecule has 8 N–H and O–H groups in total.